The molecule has 4 rings (SSSR count). The Morgan fingerprint density at radius 2 is 1.73 bits per heavy atom. The number of nitrogens with zero attached hydrogens (tertiary/aromatic N) is 4. The molecule has 0 aliphatic carbocycles. The quantitative estimate of drug-likeness (QED) is 0.590. The van der Waals surface area contributed by atoms with Crippen molar-refractivity contribution in [2.75, 3.05) is 5.32 Å². The molecule has 0 spiro atoms. The second-order valence-electron chi connectivity index (χ2n) is 6.26. The lowest BCUT2D eigenvalue weighted by Crippen LogP contribution is -2.05. The normalized spacial score (nSPS) is 11.0. The van der Waals surface area contributed by atoms with Gasteiger partial charge in [-0.25, -0.2) is 9.97 Å². The van der Waals surface area contributed by atoms with Gasteiger partial charge in [0.2, 0.25) is 0 Å². The molecular weight excluding hydrogens is 322 g/mol. The molecule has 0 fully saturated rings. The lowest BCUT2D eigenvalue weighted by atomic mass is 10.1. The van der Waals surface area contributed by atoms with Crippen LogP contribution in [0.15, 0.2) is 60.8 Å². The minimum absolute atomic E-state index is 0.687. The van der Waals surface area contributed by atoms with E-state index in [1.165, 1.54) is 5.56 Å². The zero-order valence-electron chi connectivity index (χ0n) is 15.0. The minimum atomic E-state index is 0.687. The van der Waals surface area contributed by atoms with E-state index < -0.39 is 0 Å². The Labute approximate surface area is 152 Å². The molecule has 0 aliphatic rings. The topological polar surface area (TPSA) is 55.6 Å². The predicted molar refractivity (Wildman–Crippen MR) is 105 cm³/mol. The summed E-state index contributed by atoms with van der Waals surface area (Å²) in [4.78, 5) is 9.53. The molecule has 1 N–H and O–H groups in total. The van der Waals surface area contributed by atoms with Crippen LogP contribution in [-0.4, -0.2) is 19.7 Å². The zero-order chi connectivity index (χ0) is 17.9. The van der Waals surface area contributed by atoms with Gasteiger partial charge in [-0.2, -0.15) is 5.10 Å². The van der Waals surface area contributed by atoms with E-state index in [1.54, 1.807) is 0 Å². The van der Waals surface area contributed by atoms with Crippen molar-refractivity contribution in [1.82, 2.24) is 19.7 Å². The summed E-state index contributed by atoms with van der Waals surface area (Å²) in [5.74, 6) is 1.58. The van der Waals surface area contributed by atoms with Gasteiger partial charge in [0, 0.05) is 36.3 Å². The largest absolute Gasteiger partial charge is 0.365 e. The van der Waals surface area contributed by atoms with E-state index in [4.69, 9.17) is 9.97 Å². The highest BCUT2D eigenvalue weighted by Gasteiger charge is 2.11. The fraction of sp³-hybridized carbons (Fsp3) is 0.190. The van der Waals surface area contributed by atoms with Gasteiger partial charge in [0.1, 0.15) is 5.82 Å². The van der Waals surface area contributed by atoms with Crippen molar-refractivity contribution in [1.29, 1.82) is 0 Å². The van der Waals surface area contributed by atoms with E-state index in [0.29, 0.717) is 6.54 Å². The van der Waals surface area contributed by atoms with Crippen LogP contribution in [0.25, 0.3) is 22.3 Å². The molecule has 2 aromatic heterocycles. The number of para-hydroxylation sites is 1. The van der Waals surface area contributed by atoms with Crippen molar-refractivity contribution in [2.45, 2.75) is 19.9 Å². The molecule has 0 aliphatic heterocycles. The van der Waals surface area contributed by atoms with Crippen LogP contribution in [-0.2, 0) is 20.0 Å². The number of nitrogens with one attached hydrogen (secondary N) is 1. The number of fused-ring (bicyclic) bond motifs is 1. The lowest BCUT2D eigenvalue weighted by molar-refractivity contribution is 0.746. The highest BCUT2D eigenvalue weighted by atomic mass is 15.3. The predicted octanol–water partition coefficient (Wildman–Crippen LogP) is 4.20. The van der Waals surface area contributed by atoms with Gasteiger partial charge in [-0.3, -0.25) is 4.68 Å². The molecule has 130 valence electrons. The van der Waals surface area contributed by atoms with Crippen molar-refractivity contribution in [3.63, 3.8) is 0 Å². The first kappa shape index (κ1) is 16.3. The molecule has 0 radical (unpaired) electrons. The Hall–Kier alpha value is -3.21. The summed E-state index contributed by atoms with van der Waals surface area (Å²) < 4.78 is 1.86. The van der Waals surface area contributed by atoms with Crippen LogP contribution in [0.4, 0.5) is 5.82 Å². The number of hydrogen-bond acceptors (Lipinski definition) is 4. The molecule has 5 nitrogen and oxygen atoms in total. The molecule has 2 aromatic carbocycles. The number of benzene rings is 2. The van der Waals surface area contributed by atoms with E-state index in [1.807, 2.05) is 60.3 Å². The smallest absolute Gasteiger partial charge is 0.162 e. The van der Waals surface area contributed by atoms with Crippen LogP contribution in [0.2, 0.25) is 0 Å². The Bertz CT molecular complexity index is 1040. The molecule has 5 heteroatoms. The average molecular weight is 343 g/mol. The van der Waals surface area contributed by atoms with Crippen molar-refractivity contribution in [3.8, 4) is 11.4 Å². The summed E-state index contributed by atoms with van der Waals surface area (Å²) in [6.07, 6.45) is 2.98. The molecule has 0 atom stereocenters. The number of aromatic nitrogens is 4. The molecule has 2 heterocycles. The van der Waals surface area contributed by atoms with Gasteiger partial charge in [0.05, 0.1) is 11.2 Å². The van der Waals surface area contributed by atoms with Crippen molar-refractivity contribution in [2.24, 2.45) is 7.05 Å². The zero-order valence-corrected chi connectivity index (χ0v) is 15.0. The van der Waals surface area contributed by atoms with Gasteiger partial charge in [0.25, 0.3) is 0 Å². The fourth-order valence-electron chi connectivity index (χ4n) is 3.14. The second-order valence-corrected chi connectivity index (χ2v) is 6.26. The number of anilines is 1. The van der Waals surface area contributed by atoms with E-state index in [9.17, 15) is 0 Å². The molecular formula is C21H21N5. The van der Waals surface area contributed by atoms with Crippen LogP contribution in [0, 0.1) is 0 Å². The van der Waals surface area contributed by atoms with Gasteiger partial charge in [-0.15, -0.1) is 0 Å². The summed E-state index contributed by atoms with van der Waals surface area (Å²) in [5, 5.41) is 9.03. The monoisotopic (exact) mass is 343 g/mol. The third-order valence-corrected chi connectivity index (χ3v) is 4.41. The highest BCUT2D eigenvalue weighted by Crippen LogP contribution is 2.25. The van der Waals surface area contributed by atoms with Crippen LogP contribution in [0.3, 0.4) is 0 Å². The first-order valence-electron chi connectivity index (χ1n) is 8.82. The highest BCUT2D eigenvalue weighted by molar-refractivity contribution is 5.90. The molecule has 0 unspecified atom stereocenters. The van der Waals surface area contributed by atoms with Gasteiger partial charge in [-0.05, 0) is 18.6 Å². The van der Waals surface area contributed by atoms with Gasteiger partial charge in [-0.1, -0.05) is 49.4 Å². The summed E-state index contributed by atoms with van der Waals surface area (Å²) in [6.45, 7) is 2.81. The Kier molecular flexibility index (Phi) is 4.35. The van der Waals surface area contributed by atoms with E-state index in [2.05, 4.69) is 29.6 Å². The van der Waals surface area contributed by atoms with E-state index in [-0.39, 0.29) is 0 Å². The maximum absolute atomic E-state index is 4.80. The van der Waals surface area contributed by atoms with Crippen molar-refractivity contribution >= 4 is 16.7 Å². The molecule has 0 saturated carbocycles. The van der Waals surface area contributed by atoms with E-state index in [0.717, 1.165) is 40.2 Å². The van der Waals surface area contributed by atoms with Gasteiger partial charge >= 0.3 is 0 Å². The summed E-state index contributed by atoms with van der Waals surface area (Å²) in [7, 11) is 1.95. The summed E-state index contributed by atoms with van der Waals surface area (Å²) >= 11 is 0. The number of aryl methyl sites for hydroxylation is 2. The van der Waals surface area contributed by atoms with Gasteiger partial charge in [0.15, 0.2) is 5.82 Å². The maximum atomic E-state index is 4.80. The SMILES string of the molecule is CCc1nn(C)cc1CNc1nc(-c2ccccc2)nc2ccccc12. The first-order valence-corrected chi connectivity index (χ1v) is 8.82. The van der Waals surface area contributed by atoms with Gasteiger partial charge < -0.3 is 5.32 Å². The molecule has 4 aromatic rings. The minimum Gasteiger partial charge on any atom is -0.365 e. The average Bonchev–Trinajstić information content (AvgIpc) is 3.06. The summed E-state index contributed by atoms with van der Waals surface area (Å²) in [5.41, 5.74) is 4.25. The maximum Gasteiger partial charge on any atom is 0.162 e. The lowest BCUT2D eigenvalue weighted by Gasteiger charge is -2.11. The Morgan fingerprint density at radius 1 is 0.962 bits per heavy atom. The van der Waals surface area contributed by atoms with Crippen LogP contribution in [0.5, 0.6) is 0 Å². The van der Waals surface area contributed by atoms with Crippen LogP contribution >= 0.6 is 0 Å². The summed E-state index contributed by atoms with van der Waals surface area (Å²) in [6, 6.07) is 18.2. The molecule has 0 amide bonds. The van der Waals surface area contributed by atoms with Crippen molar-refractivity contribution in [3.05, 3.63) is 72.1 Å². The molecule has 0 bridgehead atoms. The number of hydrogen-bond donors (Lipinski definition) is 1. The molecule has 26 heavy (non-hydrogen) atoms. The Balaban J connectivity index is 1.73. The Morgan fingerprint density at radius 3 is 2.54 bits per heavy atom. The fourth-order valence-corrected chi connectivity index (χ4v) is 3.14. The van der Waals surface area contributed by atoms with Crippen LogP contribution < -0.4 is 5.32 Å². The first-order chi connectivity index (χ1) is 12.7. The molecule has 0 saturated heterocycles. The van der Waals surface area contributed by atoms with Crippen molar-refractivity contribution < 1.29 is 0 Å². The third-order valence-electron chi connectivity index (χ3n) is 4.41. The standard InChI is InChI=1S/C21H21N5/c1-3-18-16(14-26(2)25-18)13-22-21-17-11-7-8-12-19(17)23-20(24-21)15-9-5-4-6-10-15/h4-12,14H,3,13H2,1-2H3,(H,22,23,24). The third kappa shape index (κ3) is 3.16. The van der Waals surface area contributed by atoms with E-state index >= 15 is 0 Å². The number of rotatable bonds is 5. The van der Waals surface area contributed by atoms with Crippen LogP contribution in [0.1, 0.15) is 18.2 Å². The second kappa shape index (κ2) is 6.96.